The summed E-state index contributed by atoms with van der Waals surface area (Å²) in [5.74, 6) is -3.56. The lowest BCUT2D eigenvalue weighted by molar-refractivity contribution is -0.142. The van der Waals surface area contributed by atoms with Gasteiger partial charge in [0.15, 0.2) is 0 Å². The molecular weight excluding hydrogens is 510 g/mol. The number of carbonyl (C=O) groups is 5. The summed E-state index contributed by atoms with van der Waals surface area (Å²) in [5.41, 5.74) is 11.4. The first kappa shape index (κ1) is 31.1. The van der Waals surface area contributed by atoms with Crippen LogP contribution in [0.5, 0.6) is 5.75 Å². The summed E-state index contributed by atoms with van der Waals surface area (Å²) in [6, 6.07) is 1.34. The molecule has 0 aliphatic rings. The molecule has 4 amide bonds. The van der Waals surface area contributed by atoms with Gasteiger partial charge in [-0.2, -0.15) is 24.4 Å². The van der Waals surface area contributed by atoms with Crippen LogP contribution in [0.1, 0.15) is 24.8 Å². The number of thiol groups is 1. The molecule has 0 saturated carbocycles. The first-order chi connectivity index (χ1) is 17.0. The predicted molar refractivity (Wildman–Crippen MR) is 138 cm³/mol. The van der Waals surface area contributed by atoms with Crippen molar-refractivity contribution in [2.45, 2.75) is 49.9 Å². The number of aliphatic carboxylic acids is 1. The van der Waals surface area contributed by atoms with E-state index in [1.54, 1.807) is 12.1 Å². The van der Waals surface area contributed by atoms with Crippen LogP contribution in [0.25, 0.3) is 0 Å². The van der Waals surface area contributed by atoms with Crippen molar-refractivity contribution in [1.29, 1.82) is 0 Å². The lowest BCUT2D eigenvalue weighted by atomic mass is 10.0. The minimum absolute atomic E-state index is 0.00155. The molecule has 0 bridgehead atoms. The SMILES string of the molecule is CSCCC(NC(=O)C(CS)NC(=O)C(N)CCC(N)=O)C(=O)NC(Cc1ccc(O)cc1)C(=O)O. The molecule has 9 N–H and O–H groups in total. The molecule has 0 aliphatic heterocycles. The van der Waals surface area contributed by atoms with Crippen LogP contribution < -0.4 is 27.4 Å². The van der Waals surface area contributed by atoms with Crippen molar-refractivity contribution in [2.75, 3.05) is 17.8 Å². The lowest BCUT2D eigenvalue weighted by Gasteiger charge is -2.24. The highest BCUT2D eigenvalue weighted by molar-refractivity contribution is 7.98. The minimum Gasteiger partial charge on any atom is -0.508 e. The van der Waals surface area contributed by atoms with Crippen LogP contribution in [0, 0.1) is 0 Å². The van der Waals surface area contributed by atoms with E-state index in [2.05, 4.69) is 28.6 Å². The third-order valence-electron chi connectivity index (χ3n) is 5.09. The van der Waals surface area contributed by atoms with Gasteiger partial charge < -0.3 is 37.6 Å². The quantitative estimate of drug-likeness (QED) is 0.117. The third kappa shape index (κ3) is 11.2. The number of hydrogen-bond acceptors (Lipinski definition) is 9. The first-order valence-electron chi connectivity index (χ1n) is 11.0. The second kappa shape index (κ2) is 15.9. The average Bonchev–Trinajstić information content (AvgIpc) is 2.83. The Kier molecular flexibility index (Phi) is 13.7. The largest absolute Gasteiger partial charge is 0.508 e. The highest BCUT2D eigenvalue weighted by Gasteiger charge is 2.30. The van der Waals surface area contributed by atoms with Gasteiger partial charge in [0.1, 0.15) is 23.9 Å². The van der Waals surface area contributed by atoms with Gasteiger partial charge in [0, 0.05) is 18.6 Å². The van der Waals surface area contributed by atoms with Crippen LogP contribution >= 0.6 is 24.4 Å². The number of hydrogen-bond donors (Lipinski definition) is 8. The zero-order chi connectivity index (χ0) is 27.3. The molecule has 0 radical (unpaired) electrons. The number of phenolic OH excluding ortho intramolecular Hbond substituents is 1. The number of aromatic hydroxyl groups is 1. The number of carboxylic acid groups (broad SMARTS) is 1. The molecule has 4 atom stereocenters. The third-order valence-corrected chi connectivity index (χ3v) is 6.10. The van der Waals surface area contributed by atoms with Gasteiger partial charge in [-0.3, -0.25) is 19.2 Å². The van der Waals surface area contributed by atoms with Crippen molar-refractivity contribution < 1.29 is 34.2 Å². The Bertz CT molecular complexity index is 917. The monoisotopic (exact) mass is 543 g/mol. The van der Waals surface area contributed by atoms with Crippen molar-refractivity contribution in [3.63, 3.8) is 0 Å². The summed E-state index contributed by atoms with van der Waals surface area (Å²) in [6.07, 6.45) is 1.88. The Hall–Kier alpha value is -2.97. The Labute approximate surface area is 218 Å². The highest BCUT2D eigenvalue weighted by atomic mass is 32.2. The summed E-state index contributed by atoms with van der Waals surface area (Å²) >= 11 is 5.51. The maximum atomic E-state index is 12.9. The summed E-state index contributed by atoms with van der Waals surface area (Å²) < 4.78 is 0. The number of primary amides is 1. The maximum Gasteiger partial charge on any atom is 0.326 e. The summed E-state index contributed by atoms with van der Waals surface area (Å²) in [6.45, 7) is 0. The molecule has 1 aromatic carbocycles. The highest BCUT2D eigenvalue weighted by Crippen LogP contribution is 2.12. The Morgan fingerprint density at radius 3 is 2.03 bits per heavy atom. The smallest absolute Gasteiger partial charge is 0.326 e. The zero-order valence-corrected chi connectivity index (χ0v) is 21.5. The van der Waals surface area contributed by atoms with E-state index in [1.807, 2.05) is 6.26 Å². The standard InChI is InChI=1S/C22H33N5O7S2/c1-36-9-8-15(20(31)26-16(22(33)34)10-12-2-4-13(28)5-3-12)25-21(32)17(11-35)27-19(30)14(23)6-7-18(24)29/h2-5,14-17,28,35H,6-11,23H2,1H3,(H2,24,29)(H,25,32)(H,26,31)(H,27,30)(H,33,34). The molecule has 0 aliphatic carbocycles. The number of rotatable bonds is 16. The van der Waals surface area contributed by atoms with Crippen molar-refractivity contribution in [3.8, 4) is 5.75 Å². The van der Waals surface area contributed by atoms with E-state index in [4.69, 9.17) is 11.5 Å². The van der Waals surface area contributed by atoms with Crippen LogP contribution in [0.15, 0.2) is 24.3 Å². The van der Waals surface area contributed by atoms with Gasteiger partial charge in [-0.05, 0) is 42.5 Å². The molecule has 1 rings (SSSR count). The molecule has 0 fully saturated rings. The zero-order valence-electron chi connectivity index (χ0n) is 19.8. The van der Waals surface area contributed by atoms with Crippen molar-refractivity contribution in [1.82, 2.24) is 16.0 Å². The first-order valence-corrected chi connectivity index (χ1v) is 13.1. The Morgan fingerprint density at radius 1 is 0.944 bits per heavy atom. The van der Waals surface area contributed by atoms with E-state index in [1.165, 1.54) is 23.9 Å². The molecule has 14 heteroatoms. The summed E-state index contributed by atoms with van der Waals surface area (Å²) in [7, 11) is 0. The summed E-state index contributed by atoms with van der Waals surface area (Å²) in [4.78, 5) is 60.6. The van der Waals surface area contributed by atoms with Crippen molar-refractivity contribution in [3.05, 3.63) is 29.8 Å². The van der Waals surface area contributed by atoms with Crippen molar-refractivity contribution >= 4 is 54.0 Å². The van der Waals surface area contributed by atoms with E-state index in [-0.39, 0.29) is 37.2 Å². The minimum atomic E-state index is -1.28. The molecule has 1 aromatic rings. The second-order valence-electron chi connectivity index (χ2n) is 7.97. The van der Waals surface area contributed by atoms with Gasteiger partial charge in [-0.15, -0.1) is 0 Å². The number of carboxylic acids is 1. The molecule has 200 valence electrons. The number of nitrogens with two attached hydrogens (primary N) is 2. The number of thioether (sulfide) groups is 1. The van der Waals surface area contributed by atoms with Gasteiger partial charge in [0.25, 0.3) is 0 Å². The van der Waals surface area contributed by atoms with Gasteiger partial charge in [-0.1, -0.05) is 12.1 Å². The number of nitrogens with one attached hydrogen (secondary N) is 3. The normalized spacial score (nSPS) is 14.1. The molecule has 4 unspecified atom stereocenters. The number of amides is 4. The molecule has 0 spiro atoms. The molecule has 0 heterocycles. The number of phenols is 1. The molecule has 12 nitrogen and oxygen atoms in total. The van der Waals surface area contributed by atoms with E-state index in [0.717, 1.165) is 0 Å². The Morgan fingerprint density at radius 2 is 1.50 bits per heavy atom. The van der Waals surface area contributed by atoms with Gasteiger partial charge in [-0.25, -0.2) is 4.79 Å². The Balaban J connectivity index is 2.87. The van der Waals surface area contributed by atoms with Crippen LogP contribution in [0.4, 0.5) is 0 Å². The predicted octanol–water partition coefficient (Wildman–Crippen LogP) is -1.25. The fourth-order valence-corrected chi connectivity index (χ4v) is 3.75. The topological polar surface area (TPSA) is 214 Å². The maximum absolute atomic E-state index is 12.9. The number of benzene rings is 1. The van der Waals surface area contributed by atoms with Gasteiger partial charge in [0.05, 0.1) is 6.04 Å². The van der Waals surface area contributed by atoms with E-state index in [9.17, 15) is 34.2 Å². The molecular formula is C22H33N5O7S2. The average molecular weight is 544 g/mol. The van der Waals surface area contributed by atoms with E-state index in [0.29, 0.717) is 11.3 Å². The van der Waals surface area contributed by atoms with Crippen LogP contribution in [-0.4, -0.2) is 81.7 Å². The van der Waals surface area contributed by atoms with Gasteiger partial charge >= 0.3 is 5.97 Å². The van der Waals surface area contributed by atoms with E-state index < -0.39 is 53.8 Å². The fraction of sp³-hybridized carbons (Fsp3) is 0.500. The van der Waals surface area contributed by atoms with Crippen molar-refractivity contribution in [2.24, 2.45) is 11.5 Å². The van der Waals surface area contributed by atoms with Crippen LogP contribution in [0.3, 0.4) is 0 Å². The molecule has 0 saturated heterocycles. The molecule has 0 aromatic heterocycles. The second-order valence-corrected chi connectivity index (χ2v) is 9.32. The van der Waals surface area contributed by atoms with Gasteiger partial charge in [0.2, 0.25) is 23.6 Å². The number of carbonyl (C=O) groups excluding carboxylic acids is 4. The fourth-order valence-electron chi connectivity index (χ4n) is 3.02. The van der Waals surface area contributed by atoms with E-state index >= 15 is 0 Å². The van der Waals surface area contributed by atoms with Crippen LogP contribution in [0.2, 0.25) is 0 Å². The molecule has 36 heavy (non-hydrogen) atoms. The summed E-state index contributed by atoms with van der Waals surface area (Å²) in [5, 5.41) is 26.4. The van der Waals surface area contributed by atoms with Crippen LogP contribution in [-0.2, 0) is 30.4 Å². The lowest BCUT2D eigenvalue weighted by Crippen LogP contribution is -2.58.